The lowest BCUT2D eigenvalue weighted by Gasteiger charge is -2.35. The van der Waals surface area contributed by atoms with E-state index in [0.29, 0.717) is 16.8 Å². The largest absolute Gasteiger partial charge is 0.336 e. The molecule has 0 atom stereocenters. The number of rotatable bonds is 4. The Bertz CT molecular complexity index is 692. The van der Waals surface area contributed by atoms with Crippen LogP contribution in [0.5, 0.6) is 0 Å². The summed E-state index contributed by atoms with van der Waals surface area (Å²) in [5.74, 6) is -0.180. The molecule has 2 amide bonds. The average molecular weight is 313 g/mol. The van der Waals surface area contributed by atoms with Crippen molar-refractivity contribution in [1.29, 1.82) is 0 Å². The molecule has 7 nitrogen and oxygen atoms in total. The van der Waals surface area contributed by atoms with Gasteiger partial charge in [0.25, 0.3) is 11.8 Å². The summed E-state index contributed by atoms with van der Waals surface area (Å²) in [6.45, 7) is 1.66. The van der Waals surface area contributed by atoms with E-state index in [2.05, 4.69) is 15.5 Å². The number of aromatic amines is 1. The van der Waals surface area contributed by atoms with Gasteiger partial charge in [-0.1, -0.05) is 0 Å². The van der Waals surface area contributed by atoms with Crippen LogP contribution < -0.4 is 10.2 Å². The SMILES string of the molecule is CN(C(=O)c1ccc(C(=O)N(C)C2CNC2)cc1)c1cn[nH]c1. The molecular formula is C16H19N5O2. The van der Waals surface area contributed by atoms with E-state index in [1.54, 1.807) is 55.7 Å². The minimum atomic E-state index is -0.151. The van der Waals surface area contributed by atoms with Crippen molar-refractivity contribution in [3.05, 3.63) is 47.8 Å². The van der Waals surface area contributed by atoms with Crippen LogP contribution in [-0.2, 0) is 0 Å². The number of hydrogen-bond donors (Lipinski definition) is 2. The summed E-state index contributed by atoms with van der Waals surface area (Å²) in [6.07, 6.45) is 3.23. The number of benzene rings is 1. The molecule has 2 aromatic rings. The van der Waals surface area contributed by atoms with Crippen molar-refractivity contribution < 1.29 is 9.59 Å². The zero-order chi connectivity index (χ0) is 16.4. The number of carbonyl (C=O) groups excluding carboxylic acids is 2. The van der Waals surface area contributed by atoms with E-state index in [-0.39, 0.29) is 17.9 Å². The van der Waals surface area contributed by atoms with Gasteiger partial charge in [-0.3, -0.25) is 14.7 Å². The molecule has 0 aliphatic carbocycles. The second kappa shape index (κ2) is 6.21. The van der Waals surface area contributed by atoms with Crippen molar-refractivity contribution in [2.45, 2.75) is 6.04 Å². The molecule has 0 unspecified atom stereocenters. The van der Waals surface area contributed by atoms with Crippen molar-refractivity contribution in [2.75, 3.05) is 32.1 Å². The Kier molecular flexibility index (Phi) is 4.12. The highest BCUT2D eigenvalue weighted by Crippen LogP contribution is 2.15. The number of nitrogens with zero attached hydrogens (tertiary/aromatic N) is 3. The molecule has 0 spiro atoms. The molecule has 0 bridgehead atoms. The first-order valence-corrected chi connectivity index (χ1v) is 7.42. The van der Waals surface area contributed by atoms with E-state index in [9.17, 15) is 9.59 Å². The van der Waals surface area contributed by atoms with Crippen LogP contribution in [0.3, 0.4) is 0 Å². The summed E-state index contributed by atoms with van der Waals surface area (Å²) in [6, 6.07) is 7.00. The first-order chi connectivity index (χ1) is 11.1. The van der Waals surface area contributed by atoms with Crippen LogP contribution in [0.1, 0.15) is 20.7 Å². The van der Waals surface area contributed by atoms with Crippen molar-refractivity contribution in [3.8, 4) is 0 Å². The van der Waals surface area contributed by atoms with E-state index in [1.165, 1.54) is 4.90 Å². The molecule has 1 aliphatic heterocycles. The van der Waals surface area contributed by atoms with Crippen LogP contribution in [0.15, 0.2) is 36.7 Å². The Balaban J connectivity index is 1.71. The molecule has 1 aromatic heterocycles. The van der Waals surface area contributed by atoms with Gasteiger partial charge in [-0.2, -0.15) is 5.10 Å². The van der Waals surface area contributed by atoms with E-state index >= 15 is 0 Å². The third-order valence-corrected chi connectivity index (χ3v) is 4.18. The smallest absolute Gasteiger partial charge is 0.258 e. The predicted molar refractivity (Wildman–Crippen MR) is 86.5 cm³/mol. The first-order valence-electron chi connectivity index (χ1n) is 7.42. The number of carbonyl (C=O) groups is 2. The van der Waals surface area contributed by atoms with Gasteiger partial charge in [0, 0.05) is 44.5 Å². The number of anilines is 1. The lowest BCUT2D eigenvalue weighted by atomic mass is 10.1. The van der Waals surface area contributed by atoms with Gasteiger partial charge < -0.3 is 15.1 Å². The Morgan fingerprint density at radius 2 is 1.70 bits per heavy atom. The summed E-state index contributed by atoms with van der Waals surface area (Å²) in [4.78, 5) is 28.0. The molecule has 120 valence electrons. The van der Waals surface area contributed by atoms with Crippen LogP contribution in [0.25, 0.3) is 0 Å². The number of likely N-dealkylation sites (N-methyl/N-ethyl adjacent to an activating group) is 1. The van der Waals surface area contributed by atoms with E-state index in [4.69, 9.17) is 0 Å². The number of nitrogens with one attached hydrogen (secondary N) is 2. The van der Waals surface area contributed by atoms with Gasteiger partial charge in [-0.15, -0.1) is 0 Å². The van der Waals surface area contributed by atoms with Gasteiger partial charge in [0.15, 0.2) is 0 Å². The first kappa shape index (κ1) is 15.2. The highest BCUT2D eigenvalue weighted by Gasteiger charge is 2.26. The fourth-order valence-corrected chi connectivity index (χ4v) is 2.41. The third-order valence-electron chi connectivity index (χ3n) is 4.18. The van der Waals surface area contributed by atoms with E-state index in [0.717, 1.165) is 13.1 Å². The van der Waals surface area contributed by atoms with Crippen LogP contribution in [0.4, 0.5) is 5.69 Å². The number of H-pyrrole nitrogens is 1. The van der Waals surface area contributed by atoms with Gasteiger partial charge in [-0.05, 0) is 24.3 Å². The Labute approximate surface area is 134 Å². The van der Waals surface area contributed by atoms with Crippen molar-refractivity contribution in [2.24, 2.45) is 0 Å². The second-order valence-corrected chi connectivity index (χ2v) is 5.63. The molecular weight excluding hydrogens is 294 g/mol. The molecule has 1 aliphatic rings. The van der Waals surface area contributed by atoms with Gasteiger partial charge in [0.1, 0.15) is 0 Å². The monoisotopic (exact) mass is 313 g/mol. The maximum absolute atomic E-state index is 12.4. The molecule has 0 saturated carbocycles. The fraction of sp³-hybridized carbons (Fsp3) is 0.312. The standard InChI is InChI=1S/C16H19N5O2/c1-20(13-7-17-8-13)15(22)11-3-5-12(6-4-11)16(23)21(2)14-9-18-19-10-14/h3-6,9-10,13,17H,7-8H2,1-2H3,(H,18,19). The molecule has 2 N–H and O–H groups in total. The summed E-state index contributed by atoms with van der Waals surface area (Å²) >= 11 is 0. The summed E-state index contributed by atoms with van der Waals surface area (Å²) < 4.78 is 0. The zero-order valence-electron chi connectivity index (χ0n) is 13.1. The van der Waals surface area contributed by atoms with Crippen molar-refractivity contribution in [3.63, 3.8) is 0 Å². The maximum atomic E-state index is 12.4. The number of amides is 2. The number of hydrogen-bond acceptors (Lipinski definition) is 4. The predicted octanol–water partition coefficient (Wildman–Crippen LogP) is 0.730. The number of aromatic nitrogens is 2. The zero-order valence-corrected chi connectivity index (χ0v) is 13.1. The Hall–Kier alpha value is -2.67. The molecule has 1 fully saturated rings. The normalized spacial score (nSPS) is 14.2. The highest BCUT2D eigenvalue weighted by atomic mass is 16.2. The molecule has 0 radical (unpaired) electrons. The molecule has 2 heterocycles. The summed E-state index contributed by atoms with van der Waals surface area (Å²) in [5.41, 5.74) is 1.80. The van der Waals surface area contributed by atoms with Gasteiger partial charge in [0.05, 0.1) is 17.9 Å². The van der Waals surface area contributed by atoms with E-state index in [1.807, 2.05) is 0 Å². The third kappa shape index (κ3) is 2.95. The minimum Gasteiger partial charge on any atom is -0.336 e. The lowest BCUT2D eigenvalue weighted by molar-refractivity contribution is 0.0681. The average Bonchev–Trinajstić information content (AvgIpc) is 3.05. The van der Waals surface area contributed by atoms with Crippen molar-refractivity contribution in [1.82, 2.24) is 20.4 Å². The van der Waals surface area contributed by atoms with Gasteiger partial charge >= 0.3 is 0 Å². The topological polar surface area (TPSA) is 81.3 Å². The molecule has 23 heavy (non-hydrogen) atoms. The van der Waals surface area contributed by atoms with Crippen LogP contribution in [-0.4, -0.2) is 60.1 Å². The quantitative estimate of drug-likeness (QED) is 0.872. The molecule has 3 rings (SSSR count). The van der Waals surface area contributed by atoms with Crippen LogP contribution in [0.2, 0.25) is 0 Å². The second-order valence-electron chi connectivity index (χ2n) is 5.63. The Morgan fingerprint density at radius 3 is 2.17 bits per heavy atom. The minimum absolute atomic E-state index is 0.0290. The summed E-state index contributed by atoms with van der Waals surface area (Å²) in [7, 11) is 3.49. The molecule has 7 heteroatoms. The van der Waals surface area contributed by atoms with Gasteiger partial charge in [0.2, 0.25) is 0 Å². The van der Waals surface area contributed by atoms with Crippen LogP contribution >= 0.6 is 0 Å². The summed E-state index contributed by atoms with van der Waals surface area (Å²) in [5, 5.41) is 9.65. The fourth-order valence-electron chi connectivity index (χ4n) is 2.41. The van der Waals surface area contributed by atoms with Crippen LogP contribution in [0, 0.1) is 0 Å². The van der Waals surface area contributed by atoms with E-state index < -0.39 is 0 Å². The maximum Gasteiger partial charge on any atom is 0.258 e. The van der Waals surface area contributed by atoms with Crippen molar-refractivity contribution >= 4 is 17.5 Å². The molecule has 1 aromatic carbocycles. The molecule has 1 saturated heterocycles. The highest BCUT2D eigenvalue weighted by molar-refractivity contribution is 6.06. The lowest BCUT2D eigenvalue weighted by Crippen LogP contribution is -2.57. The Morgan fingerprint density at radius 1 is 1.09 bits per heavy atom. The van der Waals surface area contributed by atoms with Gasteiger partial charge in [-0.25, -0.2) is 0 Å².